The molecule has 6 nitrogen and oxygen atoms in total. The van der Waals surface area contributed by atoms with Gasteiger partial charge in [-0.3, -0.25) is 5.10 Å². The van der Waals surface area contributed by atoms with Crippen LogP contribution in [-0.2, 0) is 0 Å². The molecule has 3 aromatic heterocycles. The lowest BCUT2D eigenvalue weighted by Gasteiger charge is -2.06. The number of anilines is 1. The van der Waals surface area contributed by atoms with E-state index < -0.39 is 0 Å². The minimum absolute atomic E-state index is 0.563. The molecular formula is C12H12N6. The number of H-pyrrole nitrogens is 2. The van der Waals surface area contributed by atoms with Crippen LogP contribution in [0, 0.1) is 0 Å². The maximum Gasteiger partial charge on any atom is 0.181 e. The van der Waals surface area contributed by atoms with E-state index in [1.54, 1.807) is 6.20 Å². The first-order valence-electron chi connectivity index (χ1n) is 6.01. The molecule has 0 bridgehead atoms. The third-order valence-corrected chi connectivity index (χ3v) is 3.08. The average molecular weight is 240 g/mol. The summed E-state index contributed by atoms with van der Waals surface area (Å²) in [6.07, 6.45) is 6.02. The van der Waals surface area contributed by atoms with E-state index in [0.717, 1.165) is 22.5 Å². The van der Waals surface area contributed by atoms with Gasteiger partial charge in [-0.15, -0.1) is 0 Å². The van der Waals surface area contributed by atoms with Crippen LogP contribution in [0.25, 0.3) is 22.6 Å². The predicted molar refractivity (Wildman–Crippen MR) is 68.1 cm³/mol. The van der Waals surface area contributed by atoms with Crippen LogP contribution in [-0.4, -0.2) is 31.2 Å². The van der Waals surface area contributed by atoms with Crippen molar-refractivity contribution in [3.8, 4) is 11.5 Å². The monoisotopic (exact) mass is 240 g/mol. The van der Waals surface area contributed by atoms with E-state index in [4.69, 9.17) is 0 Å². The molecule has 0 aliphatic heterocycles. The zero-order valence-electron chi connectivity index (χ0n) is 9.64. The average Bonchev–Trinajstić information content (AvgIpc) is 2.89. The molecule has 18 heavy (non-hydrogen) atoms. The van der Waals surface area contributed by atoms with Crippen LogP contribution < -0.4 is 5.32 Å². The third kappa shape index (κ3) is 1.54. The van der Waals surface area contributed by atoms with Crippen LogP contribution in [0.5, 0.6) is 0 Å². The molecule has 0 radical (unpaired) electrons. The first-order valence-corrected chi connectivity index (χ1v) is 6.01. The van der Waals surface area contributed by atoms with Crippen molar-refractivity contribution < 1.29 is 0 Å². The maximum absolute atomic E-state index is 4.58. The van der Waals surface area contributed by atoms with Crippen molar-refractivity contribution in [2.75, 3.05) is 5.32 Å². The summed E-state index contributed by atoms with van der Waals surface area (Å²) in [6.45, 7) is 0. The molecule has 0 saturated heterocycles. The molecule has 0 amide bonds. The lowest BCUT2D eigenvalue weighted by atomic mass is 10.3. The number of rotatable bonds is 3. The van der Waals surface area contributed by atoms with Gasteiger partial charge in [0.05, 0.1) is 5.39 Å². The lowest BCUT2D eigenvalue weighted by molar-refractivity contribution is 1.06. The standard InChI is InChI=1S/C12H12N6/c1-2-7(1)15-11-8-3-5-13-10(8)16-12(17-11)9-4-6-14-18-9/h3-7H,1-2H2,(H,14,18)(H2,13,15,16,17). The first kappa shape index (κ1) is 9.64. The molecule has 90 valence electrons. The molecule has 6 heteroatoms. The van der Waals surface area contributed by atoms with Gasteiger partial charge in [0.15, 0.2) is 5.82 Å². The number of aromatic amines is 2. The molecule has 3 N–H and O–H groups in total. The van der Waals surface area contributed by atoms with Gasteiger partial charge >= 0.3 is 0 Å². The molecule has 3 heterocycles. The minimum atomic E-state index is 0.563. The second-order valence-electron chi connectivity index (χ2n) is 4.52. The SMILES string of the molecule is c1cc(-c2nc(NC3CC3)c3cc[nH]c3n2)[nH]n1. The Labute approximate surface area is 103 Å². The summed E-state index contributed by atoms with van der Waals surface area (Å²) in [7, 11) is 0. The van der Waals surface area contributed by atoms with E-state index in [-0.39, 0.29) is 0 Å². The fraction of sp³-hybridized carbons (Fsp3) is 0.250. The van der Waals surface area contributed by atoms with Gasteiger partial charge in [0.1, 0.15) is 17.2 Å². The number of aromatic nitrogens is 5. The second kappa shape index (κ2) is 3.56. The van der Waals surface area contributed by atoms with Gasteiger partial charge in [-0.1, -0.05) is 0 Å². The summed E-state index contributed by atoms with van der Waals surface area (Å²) < 4.78 is 0. The quantitative estimate of drug-likeness (QED) is 0.653. The molecule has 0 atom stereocenters. The van der Waals surface area contributed by atoms with E-state index >= 15 is 0 Å². The Morgan fingerprint density at radius 1 is 1.22 bits per heavy atom. The second-order valence-corrected chi connectivity index (χ2v) is 4.52. The smallest absolute Gasteiger partial charge is 0.181 e. The van der Waals surface area contributed by atoms with E-state index in [1.807, 2.05) is 18.3 Å². The Balaban J connectivity index is 1.88. The highest BCUT2D eigenvalue weighted by atomic mass is 15.1. The van der Waals surface area contributed by atoms with E-state index in [2.05, 4.69) is 30.5 Å². The van der Waals surface area contributed by atoms with Crippen molar-refractivity contribution in [1.29, 1.82) is 0 Å². The number of hydrogen-bond donors (Lipinski definition) is 3. The van der Waals surface area contributed by atoms with Gasteiger partial charge in [-0.25, -0.2) is 9.97 Å². The van der Waals surface area contributed by atoms with Crippen molar-refractivity contribution in [1.82, 2.24) is 25.1 Å². The first-order chi connectivity index (χ1) is 8.90. The van der Waals surface area contributed by atoms with Crippen molar-refractivity contribution in [3.63, 3.8) is 0 Å². The Morgan fingerprint density at radius 2 is 2.17 bits per heavy atom. The zero-order chi connectivity index (χ0) is 11.9. The molecule has 0 aromatic carbocycles. The van der Waals surface area contributed by atoms with Crippen LogP contribution in [0.4, 0.5) is 5.82 Å². The van der Waals surface area contributed by atoms with Gasteiger partial charge in [-0.2, -0.15) is 5.10 Å². The molecule has 4 rings (SSSR count). The Hall–Kier alpha value is -2.37. The molecule has 0 spiro atoms. The summed E-state index contributed by atoms with van der Waals surface area (Å²) in [6, 6.07) is 4.43. The normalized spacial score (nSPS) is 15.1. The van der Waals surface area contributed by atoms with Crippen molar-refractivity contribution in [3.05, 3.63) is 24.5 Å². The molecule has 0 unspecified atom stereocenters. The fourth-order valence-electron chi connectivity index (χ4n) is 1.97. The third-order valence-electron chi connectivity index (χ3n) is 3.08. The Bertz CT molecular complexity index is 680. The van der Waals surface area contributed by atoms with Crippen molar-refractivity contribution >= 4 is 16.9 Å². The molecule has 1 aliphatic carbocycles. The van der Waals surface area contributed by atoms with Crippen LogP contribution >= 0.6 is 0 Å². The van der Waals surface area contributed by atoms with Crippen LogP contribution in [0.2, 0.25) is 0 Å². The van der Waals surface area contributed by atoms with Crippen molar-refractivity contribution in [2.45, 2.75) is 18.9 Å². The van der Waals surface area contributed by atoms with Crippen LogP contribution in [0.3, 0.4) is 0 Å². The van der Waals surface area contributed by atoms with Gasteiger partial charge in [0, 0.05) is 18.4 Å². The molecule has 1 aliphatic rings. The van der Waals surface area contributed by atoms with Crippen molar-refractivity contribution in [2.24, 2.45) is 0 Å². The van der Waals surface area contributed by atoms with E-state index in [9.17, 15) is 0 Å². The molecule has 1 saturated carbocycles. The summed E-state index contributed by atoms with van der Waals surface area (Å²) in [5.41, 5.74) is 1.67. The fourth-order valence-corrected chi connectivity index (χ4v) is 1.97. The number of hydrogen-bond acceptors (Lipinski definition) is 4. The maximum atomic E-state index is 4.58. The highest BCUT2D eigenvalue weighted by molar-refractivity contribution is 5.88. The molecule has 1 fully saturated rings. The van der Waals surface area contributed by atoms with Gasteiger partial charge in [0.2, 0.25) is 0 Å². The number of nitrogens with zero attached hydrogens (tertiary/aromatic N) is 3. The zero-order valence-corrected chi connectivity index (χ0v) is 9.64. The summed E-state index contributed by atoms with van der Waals surface area (Å²) in [5, 5.41) is 11.3. The largest absolute Gasteiger partial charge is 0.367 e. The highest BCUT2D eigenvalue weighted by Gasteiger charge is 2.23. The topological polar surface area (TPSA) is 82.3 Å². The Kier molecular flexibility index (Phi) is 1.91. The number of fused-ring (bicyclic) bond motifs is 1. The van der Waals surface area contributed by atoms with Gasteiger partial charge in [0.25, 0.3) is 0 Å². The van der Waals surface area contributed by atoms with Gasteiger partial charge < -0.3 is 10.3 Å². The summed E-state index contributed by atoms with van der Waals surface area (Å²) >= 11 is 0. The summed E-state index contributed by atoms with van der Waals surface area (Å²) in [5.74, 6) is 1.55. The van der Waals surface area contributed by atoms with Crippen LogP contribution in [0.15, 0.2) is 24.5 Å². The van der Waals surface area contributed by atoms with Crippen LogP contribution in [0.1, 0.15) is 12.8 Å². The lowest BCUT2D eigenvalue weighted by Crippen LogP contribution is -2.05. The number of nitrogens with one attached hydrogen (secondary N) is 3. The van der Waals surface area contributed by atoms with E-state index in [0.29, 0.717) is 11.9 Å². The molecular weight excluding hydrogens is 228 g/mol. The Morgan fingerprint density at radius 3 is 2.94 bits per heavy atom. The predicted octanol–water partition coefficient (Wildman–Crippen LogP) is 1.92. The summed E-state index contributed by atoms with van der Waals surface area (Å²) in [4.78, 5) is 12.2. The highest BCUT2D eigenvalue weighted by Crippen LogP contribution is 2.29. The minimum Gasteiger partial charge on any atom is -0.367 e. The molecule has 3 aromatic rings. The van der Waals surface area contributed by atoms with Gasteiger partial charge in [-0.05, 0) is 25.0 Å². The van der Waals surface area contributed by atoms with E-state index in [1.165, 1.54) is 12.8 Å².